The molecule has 2 rings (SSSR count). The van der Waals surface area contributed by atoms with Crippen LogP contribution < -0.4 is 16.4 Å². The molecule has 4 N–H and O–H groups in total. The fourth-order valence-corrected chi connectivity index (χ4v) is 2.09. The van der Waals surface area contributed by atoms with Crippen LogP contribution in [0.4, 0.5) is 11.4 Å². The first-order valence-electron chi connectivity index (χ1n) is 5.71. The summed E-state index contributed by atoms with van der Waals surface area (Å²) in [6.45, 7) is 3.84. The number of benzene rings is 1. The van der Waals surface area contributed by atoms with Crippen LogP contribution in [0.1, 0.15) is 10.4 Å². The number of hydrogen-bond donors (Lipinski definition) is 2. The summed E-state index contributed by atoms with van der Waals surface area (Å²) < 4.78 is 0. The quantitative estimate of drug-likeness (QED) is 0.713. The highest BCUT2D eigenvalue weighted by atomic mass is 16.1. The van der Waals surface area contributed by atoms with Crippen molar-refractivity contribution in [3.05, 3.63) is 23.8 Å². The van der Waals surface area contributed by atoms with Crippen molar-refractivity contribution >= 4 is 17.3 Å². The van der Waals surface area contributed by atoms with Gasteiger partial charge in [-0.3, -0.25) is 4.79 Å². The molecular weight excluding hydrogens is 216 g/mol. The Morgan fingerprint density at radius 2 is 1.88 bits per heavy atom. The van der Waals surface area contributed by atoms with E-state index in [2.05, 4.69) is 16.8 Å². The van der Waals surface area contributed by atoms with Crippen LogP contribution >= 0.6 is 0 Å². The Kier molecular flexibility index (Phi) is 3.19. The number of primary amides is 1. The molecule has 1 amide bonds. The van der Waals surface area contributed by atoms with Crippen LogP contribution in [-0.4, -0.2) is 44.0 Å². The van der Waals surface area contributed by atoms with Crippen LogP contribution in [0.15, 0.2) is 18.2 Å². The number of carbonyl (C=O) groups excluding carboxylic acids is 1. The summed E-state index contributed by atoms with van der Waals surface area (Å²) in [6, 6.07) is 5.43. The zero-order chi connectivity index (χ0) is 12.4. The summed E-state index contributed by atoms with van der Waals surface area (Å²) in [6.07, 6.45) is 0. The van der Waals surface area contributed by atoms with Gasteiger partial charge in [0.05, 0.1) is 16.9 Å². The van der Waals surface area contributed by atoms with Crippen LogP contribution in [0.2, 0.25) is 0 Å². The molecule has 1 aliphatic heterocycles. The van der Waals surface area contributed by atoms with E-state index in [9.17, 15) is 4.79 Å². The van der Waals surface area contributed by atoms with Gasteiger partial charge in [-0.25, -0.2) is 0 Å². The van der Waals surface area contributed by atoms with Crippen LogP contribution in [0.25, 0.3) is 0 Å². The molecule has 5 nitrogen and oxygen atoms in total. The molecule has 1 saturated heterocycles. The van der Waals surface area contributed by atoms with Gasteiger partial charge in [-0.15, -0.1) is 0 Å². The number of nitrogens with zero attached hydrogens (tertiary/aromatic N) is 2. The van der Waals surface area contributed by atoms with Crippen molar-refractivity contribution in [1.82, 2.24) is 4.90 Å². The lowest BCUT2D eigenvalue weighted by Gasteiger charge is -2.34. The van der Waals surface area contributed by atoms with Crippen molar-refractivity contribution < 1.29 is 4.79 Å². The fraction of sp³-hybridized carbons (Fsp3) is 0.417. The normalized spacial score (nSPS) is 17.1. The van der Waals surface area contributed by atoms with E-state index in [4.69, 9.17) is 11.5 Å². The second-order valence-electron chi connectivity index (χ2n) is 4.39. The number of carbonyl (C=O) groups is 1. The Morgan fingerprint density at radius 3 is 2.47 bits per heavy atom. The van der Waals surface area contributed by atoms with Gasteiger partial charge >= 0.3 is 0 Å². The largest absolute Gasteiger partial charge is 0.396 e. The number of likely N-dealkylation sites (N-methyl/N-ethyl adjacent to an activating group) is 1. The van der Waals surface area contributed by atoms with E-state index >= 15 is 0 Å². The fourth-order valence-electron chi connectivity index (χ4n) is 2.09. The first kappa shape index (κ1) is 11.7. The van der Waals surface area contributed by atoms with Gasteiger partial charge in [0.15, 0.2) is 0 Å². The lowest BCUT2D eigenvalue weighted by atomic mass is 10.1. The minimum Gasteiger partial charge on any atom is -0.396 e. The van der Waals surface area contributed by atoms with E-state index < -0.39 is 5.91 Å². The highest BCUT2D eigenvalue weighted by Gasteiger charge is 2.18. The molecule has 0 unspecified atom stereocenters. The van der Waals surface area contributed by atoms with Crippen LogP contribution in [-0.2, 0) is 0 Å². The van der Waals surface area contributed by atoms with Gasteiger partial charge < -0.3 is 21.3 Å². The molecule has 1 fully saturated rings. The highest BCUT2D eigenvalue weighted by Crippen LogP contribution is 2.27. The molecule has 1 aromatic carbocycles. The summed E-state index contributed by atoms with van der Waals surface area (Å²) in [5, 5.41) is 0. The number of piperazine rings is 1. The molecule has 0 spiro atoms. The zero-order valence-corrected chi connectivity index (χ0v) is 10.0. The molecule has 17 heavy (non-hydrogen) atoms. The summed E-state index contributed by atoms with van der Waals surface area (Å²) in [5.41, 5.74) is 13.1. The first-order valence-corrected chi connectivity index (χ1v) is 5.71. The molecule has 0 radical (unpaired) electrons. The van der Waals surface area contributed by atoms with Crippen LogP contribution in [0.3, 0.4) is 0 Å². The van der Waals surface area contributed by atoms with Crippen molar-refractivity contribution in [3.8, 4) is 0 Å². The number of hydrogen-bond acceptors (Lipinski definition) is 4. The van der Waals surface area contributed by atoms with Crippen molar-refractivity contribution in [2.45, 2.75) is 0 Å². The molecule has 5 heteroatoms. The zero-order valence-electron chi connectivity index (χ0n) is 10.0. The predicted molar refractivity (Wildman–Crippen MR) is 69.1 cm³/mol. The van der Waals surface area contributed by atoms with Gasteiger partial charge in [-0.2, -0.15) is 0 Å². The molecule has 0 saturated carbocycles. The summed E-state index contributed by atoms with van der Waals surface area (Å²) in [7, 11) is 2.10. The van der Waals surface area contributed by atoms with Crippen LogP contribution in [0, 0.1) is 0 Å². The minimum absolute atomic E-state index is 0.404. The van der Waals surface area contributed by atoms with Gasteiger partial charge in [0.2, 0.25) is 0 Å². The molecule has 1 aliphatic rings. The molecular formula is C12H18N4O. The topological polar surface area (TPSA) is 75.6 Å². The van der Waals surface area contributed by atoms with Gasteiger partial charge in [0, 0.05) is 26.2 Å². The molecule has 0 aliphatic carbocycles. The van der Waals surface area contributed by atoms with E-state index in [1.54, 1.807) is 6.07 Å². The molecule has 0 aromatic heterocycles. The number of nitrogen functional groups attached to an aromatic ring is 1. The second-order valence-corrected chi connectivity index (χ2v) is 4.39. The Balaban J connectivity index is 2.27. The van der Waals surface area contributed by atoms with Gasteiger partial charge in [-0.05, 0) is 19.2 Å². The van der Waals surface area contributed by atoms with E-state index in [0.717, 1.165) is 31.9 Å². The van der Waals surface area contributed by atoms with Gasteiger partial charge in [-0.1, -0.05) is 6.07 Å². The Hall–Kier alpha value is -1.75. The van der Waals surface area contributed by atoms with E-state index in [1.165, 1.54) is 0 Å². The SMILES string of the molecule is CN1CCN(c2cccc(C(N)=O)c2N)CC1. The average molecular weight is 234 g/mol. The van der Waals surface area contributed by atoms with Crippen molar-refractivity contribution in [2.75, 3.05) is 43.9 Å². The number of rotatable bonds is 2. The summed E-state index contributed by atoms with van der Waals surface area (Å²) in [4.78, 5) is 15.7. The number of para-hydroxylation sites is 1. The number of amides is 1. The summed E-state index contributed by atoms with van der Waals surface area (Å²) >= 11 is 0. The highest BCUT2D eigenvalue weighted by molar-refractivity contribution is 6.00. The monoisotopic (exact) mass is 234 g/mol. The van der Waals surface area contributed by atoms with Crippen molar-refractivity contribution in [3.63, 3.8) is 0 Å². The molecule has 1 heterocycles. The molecule has 0 atom stereocenters. The van der Waals surface area contributed by atoms with E-state index in [1.807, 2.05) is 12.1 Å². The minimum atomic E-state index is -0.474. The second kappa shape index (κ2) is 4.63. The third-order valence-corrected chi connectivity index (χ3v) is 3.19. The smallest absolute Gasteiger partial charge is 0.250 e. The Bertz CT molecular complexity index is 425. The van der Waals surface area contributed by atoms with Crippen molar-refractivity contribution in [1.29, 1.82) is 0 Å². The van der Waals surface area contributed by atoms with Crippen LogP contribution in [0.5, 0.6) is 0 Å². The molecule has 1 aromatic rings. The van der Waals surface area contributed by atoms with Gasteiger partial charge in [0.1, 0.15) is 0 Å². The Morgan fingerprint density at radius 1 is 1.24 bits per heavy atom. The lowest BCUT2D eigenvalue weighted by molar-refractivity contribution is 0.100. The predicted octanol–water partition coefficient (Wildman–Crippen LogP) is 0.120. The van der Waals surface area contributed by atoms with E-state index in [-0.39, 0.29) is 0 Å². The molecule has 92 valence electrons. The lowest BCUT2D eigenvalue weighted by Crippen LogP contribution is -2.44. The summed E-state index contributed by atoms with van der Waals surface area (Å²) in [5.74, 6) is -0.474. The van der Waals surface area contributed by atoms with Gasteiger partial charge in [0.25, 0.3) is 5.91 Å². The number of anilines is 2. The van der Waals surface area contributed by atoms with Crippen molar-refractivity contribution in [2.24, 2.45) is 5.73 Å². The maximum atomic E-state index is 11.2. The van der Waals surface area contributed by atoms with E-state index in [0.29, 0.717) is 11.3 Å². The Labute approximate surface area is 101 Å². The maximum Gasteiger partial charge on any atom is 0.250 e. The standard InChI is InChI=1S/C12H18N4O/c1-15-5-7-16(8-6-15)10-4-2-3-9(11(10)13)12(14)17/h2-4H,5-8,13H2,1H3,(H2,14,17). The third kappa shape index (κ3) is 2.34. The average Bonchev–Trinajstić information content (AvgIpc) is 2.30. The first-order chi connectivity index (χ1) is 8.09. The number of nitrogens with two attached hydrogens (primary N) is 2. The maximum absolute atomic E-state index is 11.2. The molecule has 0 bridgehead atoms. The third-order valence-electron chi connectivity index (χ3n) is 3.19.